The summed E-state index contributed by atoms with van der Waals surface area (Å²) in [5.41, 5.74) is 11.4. The first-order valence-electron chi connectivity index (χ1n) is 20.7. The third-order valence-corrected chi connectivity index (χ3v) is 21.4. The van der Waals surface area contributed by atoms with Gasteiger partial charge in [0.2, 0.25) is 0 Å². The minimum Gasteiger partial charge on any atom is -0.0695 e. The summed E-state index contributed by atoms with van der Waals surface area (Å²) in [5.74, 6) is 0. The lowest BCUT2D eigenvalue weighted by Crippen LogP contribution is -2.23. The van der Waals surface area contributed by atoms with Crippen molar-refractivity contribution in [1.29, 1.82) is 0 Å². The fourth-order valence-corrected chi connectivity index (χ4v) is 15.1. The van der Waals surface area contributed by atoms with Crippen LogP contribution in [0.3, 0.4) is 0 Å². The Balaban J connectivity index is 4.10. The molecule has 0 saturated heterocycles. The zero-order chi connectivity index (χ0) is 37.2. The predicted molar refractivity (Wildman–Crippen MR) is 245 cm³/mol. The van der Waals surface area contributed by atoms with Crippen molar-refractivity contribution in [2.75, 3.05) is 0 Å². The molecule has 0 saturated carbocycles. The average Bonchev–Trinajstić information content (AvgIpc) is 2.83. The fraction of sp³-hybridized carbons (Fsp3) is 0.857. The van der Waals surface area contributed by atoms with Crippen molar-refractivity contribution in [1.82, 2.24) is 0 Å². The van der Waals surface area contributed by atoms with E-state index in [9.17, 15) is 0 Å². The molecule has 0 spiro atoms. The molecule has 0 N–H and O–H groups in total. The van der Waals surface area contributed by atoms with Gasteiger partial charge in [0.05, 0.1) is 0 Å². The lowest BCUT2D eigenvalue weighted by molar-refractivity contribution is 0.744. The molecular weight excluding hydrogens is 673 g/mol. The van der Waals surface area contributed by atoms with Gasteiger partial charge in [0.15, 0.2) is 0 Å². The molecule has 6 heteroatoms. The van der Waals surface area contributed by atoms with Crippen molar-refractivity contribution in [3.05, 3.63) is 33.4 Å². The maximum absolute atomic E-state index is 2.60. The lowest BCUT2D eigenvalue weighted by atomic mass is 9.78. The van der Waals surface area contributed by atoms with E-state index >= 15 is 0 Å². The van der Waals surface area contributed by atoms with E-state index in [1.807, 2.05) is 33.4 Å². The molecule has 0 heterocycles. The second kappa shape index (κ2) is 19.6. The fourth-order valence-electron chi connectivity index (χ4n) is 7.68. The highest BCUT2D eigenvalue weighted by Crippen LogP contribution is 2.37. The van der Waals surface area contributed by atoms with E-state index in [-0.39, 0.29) is 0 Å². The summed E-state index contributed by atoms with van der Waals surface area (Å²) in [6, 6.07) is 8.85. The van der Waals surface area contributed by atoms with E-state index in [2.05, 4.69) is 118 Å². The van der Waals surface area contributed by atoms with Crippen molar-refractivity contribution in [3.63, 3.8) is 0 Å². The van der Waals surface area contributed by atoms with E-state index < -0.39 is 48.4 Å². The van der Waals surface area contributed by atoms with Crippen LogP contribution in [0.25, 0.3) is 0 Å². The molecule has 282 valence electrons. The number of rotatable bonds is 24. The highest BCUT2D eigenvalue weighted by atomic mass is 28.3. The van der Waals surface area contributed by atoms with E-state index in [4.69, 9.17) is 0 Å². The largest absolute Gasteiger partial charge is 0.0695 e. The average molecular weight is 764 g/mol. The third-order valence-electron chi connectivity index (χ3n) is 10.3. The standard InChI is InChI=1S/C42H90Si6/c1-43(2,3)31-19-25-37-38(26-20-32-44(4,5)6)40(28-22-34-46(10,11)12)42(30-24-36-48(16,17)18)41(29-23-35-47(13,14)15)39(37)27-21-33-45(7,8)9/h19-36H2,1-18H3. The van der Waals surface area contributed by atoms with Crippen LogP contribution in [-0.2, 0) is 38.5 Å². The lowest BCUT2D eigenvalue weighted by Gasteiger charge is -2.30. The Kier molecular flexibility index (Phi) is 19.0. The minimum atomic E-state index is -1.08. The van der Waals surface area contributed by atoms with Gasteiger partial charge < -0.3 is 0 Å². The molecule has 0 aromatic heterocycles. The van der Waals surface area contributed by atoms with Crippen LogP contribution in [0.4, 0.5) is 0 Å². The molecule has 0 radical (unpaired) electrons. The molecular formula is C42H90Si6. The summed E-state index contributed by atoms with van der Waals surface area (Å²) < 4.78 is 0. The highest BCUT2D eigenvalue weighted by molar-refractivity contribution is 6.77. The van der Waals surface area contributed by atoms with Crippen LogP contribution in [0.2, 0.25) is 154 Å². The first-order valence-corrected chi connectivity index (χ1v) is 43.0. The van der Waals surface area contributed by atoms with Crippen molar-refractivity contribution in [2.24, 2.45) is 0 Å². The summed E-state index contributed by atoms with van der Waals surface area (Å²) in [5, 5.41) is 0. The summed E-state index contributed by atoms with van der Waals surface area (Å²) in [6.07, 6.45) is 16.6. The predicted octanol–water partition coefficient (Wildman–Crippen LogP) is 15.3. The molecule has 1 aromatic rings. The molecule has 0 aliphatic heterocycles. The molecule has 0 unspecified atom stereocenters. The van der Waals surface area contributed by atoms with Crippen LogP contribution in [-0.4, -0.2) is 48.4 Å². The maximum atomic E-state index is 2.60. The smallest absolute Gasteiger partial charge is 0.0442 e. The summed E-state index contributed by atoms with van der Waals surface area (Å²) in [6.45, 7) is 46.8. The van der Waals surface area contributed by atoms with Gasteiger partial charge in [-0.25, -0.2) is 0 Å². The van der Waals surface area contributed by atoms with Gasteiger partial charge in [-0.3, -0.25) is 0 Å². The minimum absolute atomic E-state index is 1.08. The normalized spacial score (nSPS) is 13.9. The van der Waals surface area contributed by atoms with Crippen molar-refractivity contribution >= 4 is 48.4 Å². The van der Waals surface area contributed by atoms with Gasteiger partial charge in [-0.05, 0) is 71.9 Å². The van der Waals surface area contributed by atoms with Gasteiger partial charge in [0, 0.05) is 48.4 Å². The molecule has 0 bridgehead atoms. The first-order chi connectivity index (χ1) is 21.6. The zero-order valence-electron chi connectivity index (χ0n) is 36.7. The number of benzene rings is 1. The Morgan fingerprint density at radius 2 is 0.312 bits per heavy atom. The van der Waals surface area contributed by atoms with Crippen LogP contribution in [0.1, 0.15) is 71.9 Å². The van der Waals surface area contributed by atoms with Gasteiger partial charge in [-0.1, -0.05) is 193 Å². The van der Waals surface area contributed by atoms with Crippen molar-refractivity contribution < 1.29 is 0 Å². The second-order valence-corrected chi connectivity index (χ2v) is 57.1. The monoisotopic (exact) mass is 763 g/mol. The van der Waals surface area contributed by atoms with Crippen LogP contribution in [0, 0.1) is 0 Å². The van der Waals surface area contributed by atoms with E-state index in [1.54, 1.807) is 0 Å². The summed E-state index contributed by atoms with van der Waals surface area (Å²) in [4.78, 5) is 0. The SMILES string of the molecule is C[Si](C)(C)CCCc1c(CCC[Si](C)(C)C)c(CCC[Si](C)(C)C)c(CCC[Si](C)(C)C)c(CCC[Si](C)(C)C)c1CCC[Si](C)(C)C. The number of hydrogen-bond acceptors (Lipinski definition) is 0. The molecule has 0 fully saturated rings. The van der Waals surface area contributed by atoms with E-state index in [0.717, 1.165) is 0 Å². The summed E-state index contributed by atoms with van der Waals surface area (Å²) >= 11 is 0. The quantitative estimate of drug-likeness (QED) is 0.0920. The topological polar surface area (TPSA) is 0 Å². The Labute approximate surface area is 311 Å². The Morgan fingerprint density at radius 3 is 0.396 bits per heavy atom. The zero-order valence-corrected chi connectivity index (χ0v) is 42.7. The number of hydrogen-bond donors (Lipinski definition) is 0. The molecule has 0 atom stereocenters. The van der Waals surface area contributed by atoms with Crippen LogP contribution >= 0.6 is 0 Å². The molecule has 0 aliphatic rings. The van der Waals surface area contributed by atoms with Gasteiger partial charge >= 0.3 is 0 Å². The van der Waals surface area contributed by atoms with Gasteiger partial charge in [-0.2, -0.15) is 0 Å². The van der Waals surface area contributed by atoms with Gasteiger partial charge in [-0.15, -0.1) is 0 Å². The molecule has 0 aliphatic carbocycles. The summed E-state index contributed by atoms with van der Waals surface area (Å²) in [7, 11) is -6.48. The second-order valence-electron chi connectivity index (χ2n) is 23.4. The third kappa shape index (κ3) is 21.8. The Morgan fingerprint density at radius 1 is 0.208 bits per heavy atom. The maximum Gasteiger partial charge on any atom is 0.0442 e. The molecule has 1 rings (SSSR count). The molecule has 0 nitrogen and oxygen atoms in total. The molecule has 48 heavy (non-hydrogen) atoms. The molecule has 1 aromatic carbocycles. The van der Waals surface area contributed by atoms with E-state index in [0.29, 0.717) is 0 Å². The van der Waals surface area contributed by atoms with Gasteiger partial charge in [0.25, 0.3) is 0 Å². The van der Waals surface area contributed by atoms with Crippen molar-refractivity contribution in [3.8, 4) is 0 Å². The van der Waals surface area contributed by atoms with Gasteiger partial charge in [0.1, 0.15) is 0 Å². The Bertz CT molecular complexity index is 834. The van der Waals surface area contributed by atoms with E-state index in [1.165, 1.54) is 113 Å². The van der Waals surface area contributed by atoms with Crippen LogP contribution in [0.15, 0.2) is 0 Å². The molecule has 0 amide bonds. The van der Waals surface area contributed by atoms with Crippen LogP contribution < -0.4 is 0 Å². The van der Waals surface area contributed by atoms with Crippen LogP contribution in [0.5, 0.6) is 0 Å². The Hall–Kier alpha value is 0.521. The highest BCUT2D eigenvalue weighted by Gasteiger charge is 2.27. The first kappa shape index (κ1) is 46.5. The van der Waals surface area contributed by atoms with Crippen molar-refractivity contribution in [2.45, 2.75) is 231 Å².